The third kappa shape index (κ3) is 5.60. The lowest BCUT2D eigenvalue weighted by Gasteiger charge is -2.11. The van der Waals surface area contributed by atoms with Gasteiger partial charge in [-0.1, -0.05) is 23.7 Å². The van der Waals surface area contributed by atoms with E-state index in [4.69, 9.17) is 25.8 Å². The van der Waals surface area contributed by atoms with Gasteiger partial charge in [0.2, 0.25) is 6.79 Å². The second kappa shape index (κ2) is 10.0. The van der Waals surface area contributed by atoms with Gasteiger partial charge >= 0.3 is 0 Å². The number of hydrogen-bond acceptors (Lipinski definition) is 5. The highest BCUT2D eigenvalue weighted by Gasteiger charge is 2.16. The first kappa shape index (κ1) is 22.2. The molecule has 0 saturated carbocycles. The first-order chi connectivity index (χ1) is 15.0. The normalized spacial score (nSPS) is 12.2. The molecule has 0 radical (unpaired) electrons. The van der Waals surface area contributed by atoms with Crippen LogP contribution in [0.4, 0.5) is 0 Å². The van der Waals surface area contributed by atoms with Crippen molar-refractivity contribution in [3.63, 3.8) is 0 Å². The maximum Gasteiger partial charge on any atom is 0.271 e. The number of carbonyl (C=O) groups excluding carboxylic acids is 1. The Morgan fingerprint density at radius 1 is 1.06 bits per heavy atom. The number of hydrogen-bond donors (Lipinski definition) is 1. The van der Waals surface area contributed by atoms with E-state index in [9.17, 15) is 4.79 Å². The van der Waals surface area contributed by atoms with Crippen molar-refractivity contribution >= 4 is 68.9 Å². The number of fused-ring (bicyclic) bond motifs is 1. The number of halogens is 3. The molecule has 4 rings (SSSR count). The number of hydrazone groups is 1. The summed E-state index contributed by atoms with van der Waals surface area (Å²) in [6.45, 7) is 0.609. The van der Waals surface area contributed by atoms with Crippen LogP contribution in [0.2, 0.25) is 5.02 Å². The van der Waals surface area contributed by atoms with Gasteiger partial charge in [-0.2, -0.15) is 5.10 Å². The minimum Gasteiger partial charge on any atom is -0.487 e. The Hall–Kier alpha value is -2.05. The number of ether oxygens (including phenoxy) is 3. The van der Waals surface area contributed by atoms with Crippen molar-refractivity contribution in [3.05, 3.63) is 83.5 Å². The maximum absolute atomic E-state index is 12.3. The monoisotopic (exact) mass is 660 g/mol. The predicted molar refractivity (Wildman–Crippen MR) is 135 cm³/mol. The molecule has 0 bridgehead atoms. The first-order valence-corrected chi connectivity index (χ1v) is 11.6. The average molecular weight is 661 g/mol. The van der Waals surface area contributed by atoms with Crippen molar-refractivity contribution in [1.82, 2.24) is 5.43 Å². The van der Waals surface area contributed by atoms with Gasteiger partial charge in [0.1, 0.15) is 12.4 Å². The molecule has 1 amide bonds. The fraction of sp³-hybridized carbons (Fsp3) is 0.0909. The largest absolute Gasteiger partial charge is 0.487 e. The van der Waals surface area contributed by atoms with Crippen LogP contribution < -0.4 is 19.6 Å². The standard InChI is InChI=1S/C22H15ClI2N2O4/c23-16-4-1-13(2-5-16)11-29-21-17(24)7-14(8-18(21)25)10-26-27-22(28)15-3-6-19-20(9-15)31-12-30-19/h1-10H,11-12H2,(H,27,28)/b26-10-. The molecule has 0 fully saturated rings. The van der Waals surface area contributed by atoms with Crippen molar-refractivity contribution in [2.24, 2.45) is 5.10 Å². The summed E-state index contributed by atoms with van der Waals surface area (Å²) < 4.78 is 18.4. The van der Waals surface area contributed by atoms with Crippen molar-refractivity contribution in [2.75, 3.05) is 6.79 Å². The molecular formula is C22H15ClI2N2O4. The Kier molecular flexibility index (Phi) is 7.18. The maximum atomic E-state index is 12.3. The molecule has 6 nitrogen and oxygen atoms in total. The van der Waals surface area contributed by atoms with Gasteiger partial charge in [0.05, 0.1) is 13.4 Å². The molecule has 31 heavy (non-hydrogen) atoms. The Labute approximate surface area is 211 Å². The zero-order chi connectivity index (χ0) is 21.8. The molecule has 3 aromatic carbocycles. The molecule has 1 aliphatic heterocycles. The van der Waals surface area contributed by atoms with Gasteiger partial charge in [0, 0.05) is 10.6 Å². The van der Waals surface area contributed by atoms with Crippen molar-refractivity contribution < 1.29 is 19.0 Å². The lowest BCUT2D eigenvalue weighted by molar-refractivity contribution is 0.0954. The van der Waals surface area contributed by atoms with Crippen LogP contribution >= 0.6 is 56.8 Å². The van der Waals surface area contributed by atoms with Crippen LogP contribution in [0.5, 0.6) is 17.2 Å². The molecular weight excluding hydrogens is 646 g/mol. The van der Waals surface area contributed by atoms with Crippen LogP contribution in [-0.2, 0) is 6.61 Å². The van der Waals surface area contributed by atoms with Gasteiger partial charge in [0.25, 0.3) is 5.91 Å². The highest BCUT2D eigenvalue weighted by Crippen LogP contribution is 2.32. The van der Waals surface area contributed by atoms with Gasteiger partial charge in [-0.15, -0.1) is 0 Å². The Balaban J connectivity index is 1.38. The van der Waals surface area contributed by atoms with Gasteiger partial charge in [-0.25, -0.2) is 5.43 Å². The lowest BCUT2D eigenvalue weighted by atomic mass is 10.2. The number of nitrogens with zero attached hydrogens (tertiary/aromatic N) is 1. The Morgan fingerprint density at radius 2 is 1.77 bits per heavy atom. The van der Waals surface area contributed by atoms with Gasteiger partial charge < -0.3 is 14.2 Å². The van der Waals surface area contributed by atoms with Crippen molar-refractivity contribution in [2.45, 2.75) is 6.61 Å². The molecule has 0 unspecified atom stereocenters. The molecule has 1 N–H and O–H groups in total. The number of benzene rings is 3. The summed E-state index contributed by atoms with van der Waals surface area (Å²) in [7, 11) is 0. The molecule has 0 aliphatic carbocycles. The van der Waals surface area contributed by atoms with Crippen LogP contribution in [0.3, 0.4) is 0 Å². The van der Waals surface area contributed by atoms with Crippen LogP contribution in [0.1, 0.15) is 21.5 Å². The highest BCUT2D eigenvalue weighted by atomic mass is 127. The van der Waals surface area contributed by atoms with Crippen LogP contribution in [0, 0.1) is 7.14 Å². The van der Waals surface area contributed by atoms with Gasteiger partial charge in [-0.05, 0) is 98.8 Å². The number of carbonyl (C=O) groups is 1. The fourth-order valence-corrected chi connectivity index (χ4v) is 5.05. The van der Waals surface area contributed by atoms with E-state index in [0.717, 1.165) is 24.0 Å². The molecule has 1 heterocycles. The smallest absolute Gasteiger partial charge is 0.271 e. The first-order valence-electron chi connectivity index (χ1n) is 9.09. The van der Waals surface area contributed by atoms with E-state index in [1.165, 1.54) is 0 Å². The van der Waals surface area contributed by atoms with Gasteiger partial charge in [0.15, 0.2) is 11.5 Å². The molecule has 158 valence electrons. The zero-order valence-electron chi connectivity index (χ0n) is 15.9. The van der Waals surface area contributed by atoms with Crippen molar-refractivity contribution in [1.29, 1.82) is 0 Å². The molecule has 9 heteroatoms. The topological polar surface area (TPSA) is 69.2 Å². The summed E-state index contributed by atoms with van der Waals surface area (Å²) in [5.74, 6) is 1.65. The van der Waals surface area contributed by atoms with Crippen LogP contribution in [0.15, 0.2) is 59.7 Å². The summed E-state index contributed by atoms with van der Waals surface area (Å²) in [5.41, 5.74) is 4.85. The average Bonchev–Trinajstić information content (AvgIpc) is 3.22. The lowest BCUT2D eigenvalue weighted by Crippen LogP contribution is -2.17. The summed E-state index contributed by atoms with van der Waals surface area (Å²) in [6.07, 6.45) is 1.60. The van der Waals surface area contributed by atoms with E-state index in [1.807, 2.05) is 36.4 Å². The van der Waals surface area contributed by atoms with Crippen LogP contribution in [0.25, 0.3) is 0 Å². The fourth-order valence-electron chi connectivity index (χ4n) is 2.80. The quantitative estimate of drug-likeness (QED) is 0.212. The van der Waals surface area contributed by atoms with Crippen LogP contribution in [-0.4, -0.2) is 18.9 Å². The van der Waals surface area contributed by atoms with E-state index < -0.39 is 0 Å². The van der Waals surface area contributed by atoms with E-state index in [0.29, 0.717) is 28.7 Å². The minimum absolute atomic E-state index is 0.162. The summed E-state index contributed by atoms with van der Waals surface area (Å²) in [5, 5.41) is 4.77. The molecule has 1 aliphatic rings. The number of amides is 1. The third-order valence-corrected chi connectivity index (χ3v) is 6.19. The molecule has 0 saturated heterocycles. The second-order valence-electron chi connectivity index (χ2n) is 6.50. The van der Waals surface area contributed by atoms with E-state index in [2.05, 4.69) is 55.7 Å². The number of rotatable bonds is 6. The third-order valence-electron chi connectivity index (χ3n) is 4.33. The minimum atomic E-state index is -0.332. The number of nitrogens with one attached hydrogen (secondary N) is 1. The SMILES string of the molecule is O=C(N/N=C\c1cc(I)c(OCc2ccc(Cl)cc2)c(I)c1)c1ccc2c(c1)OCO2. The van der Waals surface area contributed by atoms with E-state index in [-0.39, 0.29) is 12.7 Å². The zero-order valence-corrected chi connectivity index (χ0v) is 21.0. The summed E-state index contributed by atoms with van der Waals surface area (Å²) >= 11 is 10.4. The van der Waals surface area contributed by atoms with E-state index in [1.54, 1.807) is 24.4 Å². The van der Waals surface area contributed by atoms with Gasteiger partial charge in [-0.3, -0.25) is 4.79 Å². The summed E-state index contributed by atoms with van der Waals surface area (Å²) in [4.78, 5) is 12.3. The molecule has 0 aromatic heterocycles. The predicted octanol–water partition coefficient (Wildman–Crippen LogP) is 5.62. The van der Waals surface area contributed by atoms with E-state index >= 15 is 0 Å². The van der Waals surface area contributed by atoms with Crippen molar-refractivity contribution in [3.8, 4) is 17.2 Å². The molecule has 0 spiro atoms. The Bertz CT molecular complexity index is 1130. The molecule has 0 atom stereocenters. The highest BCUT2D eigenvalue weighted by molar-refractivity contribution is 14.1. The molecule has 3 aromatic rings. The Morgan fingerprint density at radius 3 is 2.52 bits per heavy atom. The summed E-state index contributed by atoms with van der Waals surface area (Å²) in [6, 6.07) is 16.4. The second-order valence-corrected chi connectivity index (χ2v) is 9.26.